The van der Waals surface area contributed by atoms with Gasteiger partial charge in [0.25, 0.3) is 5.56 Å². The molecule has 4 rings (SSSR count). The number of amides is 1. The van der Waals surface area contributed by atoms with Crippen LogP contribution in [-0.4, -0.2) is 40.0 Å². The van der Waals surface area contributed by atoms with Gasteiger partial charge in [0.1, 0.15) is 0 Å². The average molecular weight is 416 g/mol. The molecule has 1 atom stereocenters. The first-order valence-electron chi connectivity index (χ1n) is 10.7. The van der Waals surface area contributed by atoms with Crippen molar-refractivity contribution in [2.75, 3.05) is 12.4 Å². The molecule has 156 valence electrons. The van der Waals surface area contributed by atoms with Crippen molar-refractivity contribution < 1.29 is 9.53 Å². The minimum absolute atomic E-state index is 0.0213. The van der Waals surface area contributed by atoms with Gasteiger partial charge in [0.2, 0.25) is 5.91 Å². The zero-order valence-corrected chi connectivity index (χ0v) is 17.6. The van der Waals surface area contributed by atoms with Crippen LogP contribution in [0.1, 0.15) is 51.4 Å². The van der Waals surface area contributed by atoms with Crippen molar-refractivity contribution in [3.05, 3.63) is 34.6 Å². The third-order valence-electron chi connectivity index (χ3n) is 5.79. The highest BCUT2D eigenvalue weighted by Gasteiger charge is 2.21. The number of carbonyl (C=O) groups excluding carboxylic acids is 1. The Morgan fingerprint density at radius 1 is 1.14 bits per heavy atom. The van der Waals surface area contributed by atoms with Gasteiger partial charge in [-0.25, -0.2) is 4.98 Å². The van der Waals surface area contributed by atoms with Crippen molar-refractivity contribution in [3.8, 4) is 0 Å². The average Bonchev–Trinajstić information content (AvgIpc) is 3.11. The summed E-state index contributed by atoms with van der Waals surface area (Å²) in [5, 5.41) is 4.38. The second kappa shape index (κ2) is 9.76. The number of fused-ring (bicyclic) bond motifs is 1. The van der Waals surface area contributed by atoms with Crippen LogP contribution in [0.2, 0.25) is 0 Å². The zero-order chi connectivity index (χ0) is 20.1. The van der Waals surface area contributed by atoms with E-state index in [2.05, 4.69) is 5.32 Å². The molecule has 1 amide bonds. The van der Waals surface area contributed by atoms with Crippen LogP contribution in [-0.2, 0) is 16.1 Å². The molecule has 2 aliphatic rings. The van der Waals surface area contributed by atoms with E-state index in [-0.39, 0.29) is 29.4 Å². The fraction of sp³-hybridized carbons (Fsp3) is 0.591. The highest BCUT2D eigenvalue weighted by atomic mass is 32.2. The van der Waals surface area contributed by atoms with E-state index in [1.807, 2.05) is 24.3 Å². The van der Waals surface area contributed by atoms with Gasteiger partial charge in [-0.2, -0.15) is 0 Å². The molecule has 1 aromatic carbocycles. The van der Waals surface area contributed by atoms with E-state index in [4.69, 9.17) is 9.72 Å². The Bertz CT molecular complexity index is 900. The minimum Gasteiger partial charge on any atom is -0.376 e. The molecule has 2 aromatic rings. The van der Waals surface area contributed by atoms with Gasteiger partial charge < -0.3 is 10.1 Å². The highest BCUT2D eigenvalue weighted by Crippen LogP contribution is 2.22. The summed E-state index contributed by atoms with van der Waals surface area (Å²) in [6.07, 6.45) is 9.03. The van der Waals surface area contributed by atoms with Crippen LogP contribution in [0.25, 0.3) is 10.9 Å². The van der Waals surface area contributed by atoms with Gasteiger partial charge in [-0.05, 0) is 37.8 Å². The van der Waals surface area contributed by atoms with Crippen LogP contribution >= 0.6 is 11.8 Å². The normalized spacial score (nSPS) is 20.6. The SMILES string of the molecule is O=C(CSc1nc2ccccc2c(=O)n1C[C@H]1CCCO1)NC1CCCCCC1. The number of para-hydroxylation sites is 1. The van der Waals surface area contributed by atoms with Crippen molar-refractivity contribution in [1.82, 2.24) is 14.9 Å². The first-order chi connectivity index (χ1) is 14.2. The number of carbonyl (C=O) groups is 1. The van der Waals surface area contributed by atoms with Crippen LogP contribution in [0, 0.1) is 0 Å². The van der Waals surface area contributed by atoms with Gasteiger partial charge in [-0.1, -0.05) is 49.6 Å². The van der Waals surface area contributed by atoms with Crippen molar-refractivity contribution >= 4 is 28.6 Å². The van der Waals surface area contributed by atoms with Crippen LogP contribution in [0.5, 0.6) is 0 Å². The zero-order valence-electron chi connectivity index (χ0n) is 16.8. The van der Waals surface area contributed by atoms with Gasteiger partial charge in [0.05, 0.1) is 29.3 Å². The molecule has 0 unspecified atom stereocenters. The first kappa shape index (κ1) is 20.4. The number of aromatic nitrogens is 2. The maximum atomic E-state index is 13.1. The number of benzene rings is 1. The summed E-state index contributed by atoms with van der Waals surface area (Å²) < 4.78 is 7.44. The molecular formula is C22H29N3O3S. The summed E-state index contributed by atoms with van der Waals surface area (Å²) in [7, 11) is 0. The molecule has 0 spiro atoms. The molecule has 1 saturated heterocycles. The first-order valence-corrected chi connectivity index (χ1v) is 11.7. The summed E-state index contributed by atoms with van der Waals surface area (Å²) in [5.74, 6) is 0.292. The van der Waals surface area contributed by atoms with Crippen molar-refractivity contribution in [1.29, 1.82) is 0 Å². The number of nitrogens with one attached hydrogen (secondary N) is 1. The Kier molecular flexibility index (Phi) is 6.87. The van der Waals surface area contributed by atoms with E-state index >= 15 is 0 Å². The molecule has 0 radical (unpaired) electrons. The third-order valence-corrected chi connectivity index (χ3v) is 6.77. The summed E-state index contributed by atoms with van der Waals surface area (Å²) in [6, 6.07) is 7.68. The van der Waals surface area contributed by atoms with Crippen molar-refractivity contribution in [2.24, 2.45) is 0 Å². The fourth-order valence-electron chi connectivity index (χ4n) is 4.23. The summed E-state index contributed by atoms with van der Waals surface area (Å²) in [6.45, 7) is 1.23. The second-order valence-electron chi connectivity index (χ2n) is 8.01. The standard InChI is InChI=1S/C22H29N3O3S/c26-20(23-16-8-3-1-2-4-9-16)15-29-22-24-19-12-6-5-11-18(19)21(27)25(22)14-17-10-7-13-28-17/h5-6,11-12,16-17H,1-4,7-10,13-15H2,(H,23,26)/t17-/m1/s1. The lowest BCUT2D eigenvalue weighted by molar-refractivity contribution is -0.119. The third kappa shape index (κ3) is 5.20. The largest absolute Gasteiger partial charge is 0.376 e. The molecule has 1 aromatic heterocycles. The lowest BCUT2D eigenvalue weighted by Crippen LogP contribution is -2.36. The molecule has 1 N–H and O–H groups in total. The Morgan fingerprint density at radius 3 is 2.69 bits per heavy atom. The monoisotopic (exact) mass is 415 g/mol. The molecule has 1 aliphatic carbocycles. The van der Waals surface area contributed by atoms with Crippen LogP contribution in [0.3, 0.4) is 0 Å². The number of nitrogens with zero attached hydrogens (tertiary/aromatic N) is 2. The minimum atomic E-state index is -0.0576. The molecule has 0 bridgehead atoms. The number of rotatable bonds is 6. The number of hydrogen-bond donors (Lipinski definition) is 1. The summed E-state index contributed by atoms with van der Waals surface area (Å²) in [4.78, 5) is 30.3. The molecule has 1 aliphatic heterocycles. The van der Waals surface area contributed by atoms with E-state index in [1.54, 1.807) is 4.57 Å². The van der Waals surface area contributed by atoms with Gasteiger partial charge in [0, 0.05) is 12.6 Å². The molecule has 2 fully saturated rings. The van der Waals surface area contributed by atoms with Crippen molar-refractivity contribution in [2.45, 2.75) is 75.2 Å². The van der Waals surface area contributed by atoms with Gasteiger partial charge in [-0.3, -0.25) is 14.2 Å². The topological polar surface area (TPSA) is 73.2 Å². The Morgan fingerprint density at radius 2 is 1.93 bits per heavy atom. The van der Waals surface area contributed by atoms with E-state index in [0.717, 1.165) is 32.3 Å². The summed E-state index contributed by atoms with van der Waals surface area (Å²) >= 11 is 1.35. The lowest BCUT2D eigenvalue weighted by atomic mass is 10.1. The van der Waals surface area contributed by atoms with Crippen LogP contribution in [0.4, 0.5) is 0 Å². The van der Waals surface area contributed by atoms with Gasteiger partial charge in [-0.15, -0.1) is 0 Å². The Balaban J connectivity index is 1.50. The number of thioether (sulfide) groups is 1. The van der Waals surface area contributed by atoms with Crippen LogP contribution in [0.15, 0.2) is 34.2 Å². The smallest absolute Gasteiger partial charge is 0.262 e. The van der Waals surface area contributed by atoms with E-state index in [9.17, 15) is 9.59 Å². The Hall–Kier alpha value is -1.86. The van der Waals surface area contributed by atoms with Crippen molar-refractivity contribution in [3.63, 3.8) is 0 Å². The maximum Gasteiger partial charge on any atom is 0.262 e. The molecule has 6 nitrogen and oxygen atoms in total. The van der Waals surface area contributed by atoms with Gasteiger partial charge in [0.15, 0.2) is 5.16 Å². The Labute approximate surface area is 175 Å². The number of hydrogen-bond acceptors (Lipinski definition) is 5. The maximum absolute atomic E-state index is 13.1. The second-order valence-corrected chi connectivity index (χ2v) is 8.95. The predicted octanol–water partition coefficient (Wildman–Crippen LogP) is 3.51. The molecule has 2 heterocycles. The van der Waals surface area contributed by atoms with E-state index in [1.165, 1.54) is 37.4 Å². The highest BCUT2D eigenvalue weighted by molar-refractivity contribution is 7.99. The number of ether oxygens (including phenoxy) is 1. The molecule has 1 saturated carbocycles. The lowest BCUT2D eigenvalue weighted by Gasteiger charge is -2.18. The molecule has 29 heavy (non-hydrogen) atoms. The quantitative estimate of drug-likeness (QED) is 0.444. The van der Waals surface area contributed by atoms with E-state index in [0.29, 0.717) is 22.6 Å². The van der Waals surface area contributed by atoms with E-state index < -0.39 is 0 Å². The fourth-order valence-corrected chi connectivity index (χ4v) is 5.05. The predicted molar refractivity (Wildman–Crippen MR) is 115 cm³/mol. The van der Waals surface area contributed by atoms with Crippen LogP contribution < -0.4 is 10.9 Å². The van der Waals surface area contributed by atoms with Gasteiger partial charge >= 0.3 is 0 Å². The summed E-state index contributed by atoms with van der Waals surface area (Å²) in [5.41, 5.74) is 0.616. The molecular weight excluding hydrogens is 386 g/mol. The molecule has 7 heteroatoms.